The fraction of sp³-hybridized carbons (Fsp3) is 0.625. The number of hydrogen-bond donors (Lipinski definition) is 1. The monoisotopic (exact) mass is 310 g/mol. The van der Waals surface area contributed by atoms with Gasteiger partial charge in [-0.1, -0.05) is 32.4 Å². The minimum absolute atomic E-state index is 0.352. The van der Waals surface area contributed by atoms with Gasteiger partial charge in [-0.2, -0.15) is 0 Å². The maximum atomic E-state index is 12.2. The summed E-state index contributed by atoms with van der Waals surface area (Å²) in [4.78, 5) is 2.68. The van der Waals surface area contributed by atoms with E-state index in [-0.39, 0.29) is 0 Å². The van der Waals surface area contributed by atoms with E-state index in [0.717, 1.165) is 25.2 Å². The van der Waals surface area contributed by atoms with Gasteiger partial charge in [0.25, 0.3) is 0 Å². The van der Waals surface area contributed by atoms with E-state index in [1.165, 1.54) is 19.3 Å². The lowest BCUT2D eigenvalue weighted by atomic mass is 10.0. The Bertz CT molecular complexity index is 532. The molecular formula is C16H26N2O2S. The number of nitrogens with one attached hydrogen (secondary N) is 1. The molecular weight excluding hydrogens is 284 g/mol. The zero-order valence-electron chi connectivity index (χ0n) is 13.0. The number of rotatable bonds is 6. The lowest BCUT2D eigenvalue weighted by Crippen LogP contribution is -2.37. The normalized spacial score (nSPS) is 17.3. The van der Waals surface area contributed by atoms with Crippen molar-refractivity contribution in [2.24, 2.45) is 0 Å². The molecule has 1 fully saturated rings. The van der Waals surface area contributed by atoms with Crippen LogP contribution in [-0.2, 0) is 10.0 Å². The number of hydrogen-bond acceptors (Lipinski definition) is 3. The van der Waals surface area contributed by atoms with Gasteiger partial charge in [-0.15, -0.1) is 0 Å². The number of sulfonamides is 1. The number of benzene rings is 1. The Labute approximate surface area is 128 Å². The van der Waals surface area contributed by atoms with E-state index in [1.807, 2.05) is 12.1 Å². The summed E-state index contributed by atoms with van der Waals surface area (Å²) >= 11 is 0. The highest BCUT2D eigenvalue weighted by atomic mass is 32.2. The largest absolute Gasteiger partial charge is 0.302 e. The van der Waals surface area contributed by atoms with Gasteiger partial charge in [-0.05, 0) is 49.5 Å². The Balaban J connectivity index is 1.88. The van der Waals surface area contributed by atoms with Crippen molar-refractivity contribution in [3.8, 4) is 0 Å². The minimum atomic E-state index is -3.38. The van der Waals surface area contributed by atoms with Crippen LogP contribution >= 0.6 is 0 Å². The molecule has 0 radical (unpaired) electrons. The Morgan fingerprint density at radius 1 is 1.10 bits per heavy atom. The van der Waals surface area contributed by atoms with Crippen molar-refractivity contribution in [2.75, 3.05) is 26.2 Å². The fourth-order valence-corrected chi connectivity index (χ4v) is 3.66. The third kappa shape index (κ3) is 4.80. The van der Waals surface area contributed by atoms with Gasteiger partial charge in [0.15, 0.2) is 0 Å². The van der Waals surface area contributed by atoms with Crippen LogP contribution in [0.4, 0.5) is 0 Å². The predicted molar refractivity (Wildman–Crippen MR) is 86.0 cm³/mol. The maximum absolute atomic E-state index is 12.2. The molecule has 0 amide bonds. The van der Waals surface area contributed by atoms with Gasteiger partial charge >= 0.3 is 0 Å². The fourth-order valence-electron chi connectivity index (χ4n) is 2.64. The third-order valence-corrected chi connectivity index (χ3v) is 5.50. The second kappa shape index (κ2) is 7.38. The average molecular weight is 310 g/mol. The van der Waals surface area contributed by atoms with Gasteiger partial charge in [-0.3, -0.25) is 0 Å². The lowest BCUT2D eigenvalue weighted by molar-refractivity contribution is 0.233. The predicted octanol–water partition coefficient (Wildman–Crippen LogP) is 2.57. The standard InChI is InChI=1S/C16H26N2O2S/c1-14(2)15-6-8-16(9-7-15)21(19,20)17-10-13-18-11-4-3-5-12-18/h6-9,14,17H,3-5,10-13H2,1-2H3. The van der Waals surface area contributed by atoms with E-state index < -0.39 is 10.0 Å². The molecule has 1 aromatic rings. The minimum Gasteiger partial charge on any atom is -0.302 e. The second-order valence-corrected chi connectivity index (χ2v) is 7.79. The molecule has 0 unspecified atom stereocenters. The van der Waals surface area contributed by atoms with Crippen LogP contribution in [0.2, 0.25) is 0 Å². The maximum Gasteiger partial charge on any atom is 0.240 e. The summed E-state index contributed by atoms with van der Waals surface area (Å²) in [6, 6.07) is 7.17. The van der Waals surface area contributed by atoms with E-state index >= 15 is 0 Å². The Hall–Kier alpha value is -0.910. The Morgan fingerprint density at radius 3 is 2.29 bits per heavy atom. The lowest BCUT2D eigenvalue weighted by Gasteiger charge is -2.26. The number of nitrogens with zero attached hydrogens (tertiary/aromatic N) is 1. The molecule has 0 saturated carbocycles. The Morgan fingerprint density at radius 2 is 1.71 bits per heavy atom. The highest BCUT2D eigenvalue weighted by Crippen LogP contribution is 2.17. The zero-order valence-corrected chi connectivity index (χ0v) is 13.8. The molecule has 118 valence electrons. The van der Waals surface area contributed by atoms with Crippen molar-refractivity contribution in [3.05, 3.63) is 29.8 Å². The van der Waals surface area contributed by atoms with Crippen LogP contribution in [0.1, 0.15) is 44.6 Å². The molecule has 0 atom stereocenters. The molecule has 1 saturated heterocycles. The van der Waals surface area contributed by atoms with Gasteiger partial charge in [0, 0.05) is 13.1 Å². The van der Waals surface area contributed by atoms with E-state index in [0.29, 0.717) is 17.4 Å². The van der Waals surface area contributed by atoms with Gasteiger partial charge in [0.1, 0.15) is 0 Å². The number of likely N-dealkylation sites (tertiary alicyclic amines) is 1. The first kappa shape index (κ1) is 16.5. The second-order valence-electron chi connectivity index (χ2n) is 6.02. The summed E-state index contributed by atoms with van der Waals surface area (Å²) in [5, 5.41) is 0. The molecule has 21 heavy (non-hydrogen) atoms. The number of piperidine rings is 1. The van der Waals surface area contributed by atoms with Crippen LogP contribution in [0.5, 0.6) is 0 Å². The van der Waals surface area contributed by atoms with Gasteiger partial charge in [0.2, 0.25) is 10.0 Å². The van der Waals surface area contributed by atoms with Crippen LogP contribution in [0.25, 0.3) is 0 Å². The van der Waals surface area contributed by atoms with Crippen molar-refractivity contribution in [1.29, 1.82) is 0 Å². The molecule has 0 aliphatic carbocycles. The molecule has 1 aromatic carbocycles. The summed E-state index contributed by atoms with van der Waals surface area (Å²) in [5.74, 6) is 0.411. The van der Waals surface area contributed by atoms with Crippen LogP contribution in [0, 0.1) is 0 Å². The van der Waals surface area contributed by atoms with Crippen molar-refractivity contribution in [2.45, 2.75) is 43.9 Å². The summed E-state index contributed by atoms with van der Waals surface area (Å²) in [6.07, 6.45) is 3.75. The van der Waals surface area contributed by atoms with E-state index in [1.54, 1.807) is 12.1 Å². The summed E-state index contributed by atoms with van der Waals surface area (Å²) in [6.45, 7) is 7.65. The first-order valence-electron chi connectivity index (χ1n) is 7.81. The molecule has 1 heterocycles. The first-order chi connectivity index (χ1) is 9.99. The van der Waals surface area contributed by atoms with Crippen molar-refractivity contribution < 1.29 is 8.42 Å². The van der Waals surface area contributed by atoms with E-state index in [4.69, 9.17) is 0 Å². The topological polar surface area (TPSA) is 49.4 Å². The van der Waals surface area contributed by atoms with E-state index in [9.17, 15) is 8.42 Å². The van der Waals surface area contributed by atoms with E-state index in [2.05, 4.69) is 23.5 Å². The van der Waals surface area contributed by atoms with Gasteiger partial charge in [0.05, 0.1) is 4.90 Å². The molecule has 1 aliphatic rings. The van der Waals surface area contributed by atoms with Gasteiger partial charge in [-0.25, -0.2) is 13.1 Å². The third-order valence-electron chi connectivity index (χ3n) is 4.03. The molecule has 1 N–H and O–H groups in total. The van der Waals surface area contributed by atoms with Gasteiger partial charge < -0.3 is 4.90 Å². The van der Waals surface area contributed by atoms with Crippen LogP contribution in [0.15, 0.2) is 29.2 Å². The molecule has 4 nitrogen and oxygen atoms in total. The van der Waals surface area contributed by atoms with Crippen LogP contribution in [0.3, 0.4) is 0 Å². The highest BCUT2D eigenvalue weighted by molar-refractivity contribution is 7.89. The summed E-state index contributed by atoms with van der Waals surface area (Å²) < 4.78 is 27.2. The SMILES string of the molecule is CC(C)c1ccc(S(=O)(=O)NCCN2CCCCC2)cc1. The molecule has 1 aliphatic heterocycles. The van der Waals surface area contributed by atoms with Crippen molar-refractivity contribution in [1.82, 2.24) is 9.62 Å². The smallest absolute Gasteiger partial charge is 0.240 e. The first-order valence-corrected chi connectivity index (χ1v) is 9.29. The van der Waals surface area contributed by atoms with Crippen molar-refractivity contribution >= 4 is 10.0 Å². The highest BCUT2D eigenvalue weighted by Gasteiger charge is 2.15. The van der Waals surface area contributed by atoms with Crippen LogP contribution < -0.4 is 4.72 Å². The van der Waals surface area contributed by atoms with Crippen LogP contribution in [-0.4, -0.2) is 39.5 Å². The zero-order chi connectivity index (χ0) is 15.3. The summed E-state index contributed by atoms with van der Waals surface area (Å²) in [5.41, 5.74) is 1.15. The molecule has 0 spiro atoms. The molecule has 0 aromatic heterocycles. The Kier molecular flexibility index (Phi) is 5.79. The molecule has 2 rings (SSSR count). The molecule has 5 heteroatoms. The summed E-state index contributed by atoms with van der Waals surface area (Å²) in [7, 11) is -3.38. The average Bonchev–Trinajstić information content (AvgIpc) is 2.48. The quantitative estimate of drug-likeness (QED) is 0.878. The molecule has 0 bridgehead atoms. The van der Waals surface area contributed by atoms with Crippen molar-refractivity contribution in [3.63, 3.8) is 0 Å².